The zero-order chi connectivity index (χ0) is 10.6. The smallest absolute Gasteiger partial charge is 0.178 e. The maximum absolute atomic E-state index is 11.5. The Labute approximate surface area is 88.2 Å². The Morgan fingerprint density at radius 1 is 1.21 bits per heavy atom. The lowest BCUT2D eigenvalue weighted by atomic mass is 10.4. The highest BCUT2D eigenvalue weighted by Gasteiger charge is 2.12. The maximum Gasteiger partial charge on any atom is 0.178 e. The van der Waals surface area contributed by atoms with E-state index >= 15 is 0 Å². The lowest BCUT2D eigenvalue weighted by Crippen LogP contribution is -2.07. The van der Waals surface area contributed by atoms with Crippen molar-refractivity contribution >= 4 is 21.4 Å². The molecule has 0 saturated heterocycles. The minimum Gasteiger partial charge on any atom is -0.396 e. The molecule has 0 spiro atoms. The fourth-order valence-electron chi connectivity index (χ4n) is 1.01. The molecule has 0 aromatic heterocycles. The third-order valence-electron chi connectivity index (χ3n) is 1.74. The van der Waals surface area contributed by atoms with Crippen LogP contribution >= 0.6 is 11.6 Å². The van der Waals surface area contributed by atoms with Crippen LogP contribution in [0.3, 0.4) is 0 Å². The van der Waals surface area contributed by atoms with Gasteiger partial charge in [-0.2, -0.15) is 0 Å². The molecule has 0 aliphatic heterocycles. The van der Waals surface area contributed by atoms with Crippen LogP contribution in [0.4, 0.5) is 0 Å². The summed E-state index contributed by atoms with van der Waals surface area (Å²) in [5.41, 5.74) is 0. The Morgan fingerprint density at radius 3 is 2.29 bits per heavy atom. The van der Waals surface area contributed by atoms with Gasteiger partial charge in [0, 0.05) is 11.6 Å². The van der Waals surface area contributed by atoms with Crippen molar-refractivity contribution in [3.63, 3.8) is 0 Å². The molecular weight excluding hydrogens is 224 g/mol. The summed E-state index contributed by atoms with van der Waals surface area (Å²) < 4.78 is 23.1. The monoisotopic (exact) mass is 234 g/mol. The van der Waals surface area contributed by atoms with Crippen LogP contribution in [0.2, 0.25) is 5.02 Å². The Bertz CT molecular complexity index is 383. The molecular formula is C9H11ClO3S. The Morgan fingerprint density at radius 2 is 1.79 bits per heavy atom. The number of hydrogen-bond donors (Lipinski definition) is 1. The number of aliphatic hydroxyl groups is 1. The molecule has 5 heteroatoms. The van der Waals surface area contributed by atoms with E-state index in [1.54, 1.807) is 0 Å². The molecule has 0 aliphatic carbocycles. The molecule has 0 saturated carbocycles. The molecule has 1 aromatic rings. The van der Waals surface area contributed by atoms with Gasteiger partial charge in [-0.15, -0.1) is 0 Å². The van der Waals surface area contributed by atoms with Gasteiger partial charge in [-0.1, -0.05) is 11.6 Å². The zero-order valence-electron chi connectivity index (χ0n) is 7.48. The van der Waals surface area contributed by atoms with Crippen molar-refractivity contribution in [2.24, 2.45) is 0 Å². The predicted octanol–water partition coefficient (Wildman–Crippen LogP) is 1.50. The molecule has 3 nitrogen and oxygen atoms in total. The van der Waals surface area contributed by atoms with Crippen molar-refractivity contribution in [2.75, 3.05) is 12.4 Å². The lowest BCUT2D eigenvalue weighted by molar-refractivity contribution is 0.295. The number of rotatable bonds is 4. The molecule has 14 heavy (non-hydrogen) atoms. The molecule has 0 atom stereocenters. The van der Waals surface area contributed by atoms with Gasteiger partial charge in [-0.25, -0.2) is 8.42 Å². The first-order chi connectivity index (χ1) is 6.56. The van der Waals surface area contributed by atoms with Crippen molar-refractivity contribution in [3.05, 3.63) is 29.3 Å². The van der Waals surface area contributed by atoms with Crippen molar-refractivity contribution in [1.82, 2.24) is 0 Å². The predicted molar refractivity (Wildman–Crippen MR) is 55.2 cm³/mol. The first kappa shape index (κ1) is 11.5. The molecule has 78 valence electrons. The van der Waals surface area contributed by atoms with Crippen molar-refractivity contribution in [3.8, 4) is 0 Å². The molecule has 0 aliphatic rings. The maximum atomic E-state index is 11.5. The van der Waals surface area contributed by atoms with E-state index in [-0.39, 0.29) is 23.7 Å². The van der Waals surface area contributed by atoms with Gasteiger partial charge in [-0.05, 0) is 30.7 Å². The quantitative estimate of drug-likeness (QED) is 0.859. The van der Waals surface area contributed by atoms with Crippen LogP contribution in [0.15, 0.2) is 29.2 Å². The molecule has 0 bridgehead atoms. The second-order valence-electron chi connectivity index (χ2n) is 2.85. The van der Waals surface area contributed by atoms with Gasteiger partial charge in [-0.3, -0.25) is 0 Å². The summed E-state index contributed by atoms with van der Waals surface area (Å²) in [5, 5.41) is 9.04. The summed E-state index contributed by atoms with van der Waals surface area (Å²) >= 11 is 5.63. The van der Waals surface area contributed by atoms with Crippen LogP contribution in [0, 0.1) is 0 Å². The summed E-state index contributed by atoms with van der Waals surface area (Å²) in [6.45, 7) is -0.118. The third kappa shape index (κ3) is 2.97. The molecule has 0 heterocycles. The SMILES string of the molecule is O=S(=O)(CCCO)c1ccc(Cl)cc1. The van der Waals surface area contributed by atoms with Gasteiger partial charge in [0.15, 0.2) is 9.84 Å². The topological polar surface area (TPSA) is 54.4 Å². The highest BCUT2D eigenvalue weighted by Crippen LogP contribution is 2.15. The highest BCUT2D eigenvalue weighted by molar-refractivity contribution is 7.91. The molecule has 1 rings (SSSR count). The minimum atomic E-state index is -3.26. The molecule has 0 amide bonds. The van der Waals surface area contributed by atoms with Crippen LogP contribution in [-0.2, 0) is 9.84 Å². The van der Waals surface area contributed by atoms with Crippen LogP contribution in [0.1, 0.15) is 6.42 Å². The van der Waals surface area contributed by atoms with Crippen molar-refractivity contribution < 1.29 is 13.5 Å². The van der Waals surface area contributed by atoms with Crippen molar-refractivity contribution in [2.45, 2.75) is 11.3 Å². The molecule has 1 N–H and O–H groups in total. The summed E-state index contributed by atoms with van der Waals surface area (Å²) in [6.07, 6.45) is 0.255. The van der Waals surface area contributed by atoms with Crippen LogP contribution in [0.5, 0.6) is 0 Å². The molecule has 1 aromatic carbocycles. The highest BCUT2D eigenvalue weighted by atomic mass is 35.5. The Balaban J connectivity index is 2.87. The van der Waals surface area contributed by atoms with Gasteiger partial charge < -0.3 is 5.11 Å². The number of sulfone groups is 1. The number of hydrogen-bond acceptors (Lipinski definition) is 3. The van der Waals surface area contributed by atoms with E-state index < -0.39 is 9.84 Å². The normalized spacial score (nSPS) is 11.6. The van der Waals surface area contributed by atoms with E-state index in [4.69, 9.17) is 16.7 Å². The lowest BCUT2D eigenvalue weighted by Gasteiger charge is -2.02. The molecule has 0 radical (unpaired) electrons. The van der Waals surface area contributed by atoms with Gasteiger partial charge in [0.1, 0.15) is 0 Å². The van der Waals surface area contributed by atoms with Gasteiger partial charge in [0.05, 0.1) is 10.6 Å². The van der Waals surface area contributed by atoms with E-state index in [9.17, 15) is 8.42 Å². The van der Waals surface area contributed by atoms with Gasteiger partial charge in [0.25, 0.3) is 0 Å². The second-order valence-corrected chi connectivity index (χ2v) is 5.40. The number of benzene rings is 1. The van der Waals surface area contributed by atoms with E-state index in [1.165, 1.54) is 24.3 Å². The Kier molecular flexibility index (Phi) is 3.92. The van der Waals surface area contributed by atoms with E-state index in [0.29, 0.717) is 5.02 Å². The summed E-state index contributed by atoms with van der Waals surface area (Å²) in [5.74, 6) is -0.0366. The first-order valence-electron chi connectivity index (χ1n) is 4.15. The van der Waals surface area contributed by atoms with E-state index in [2.05, 4.69) is 0 Å². The fourth-order valence-corrected chi connectivity index (χ4v) is 2.44. The average Bonchev–Trinajstić information content (AvgIpc) is 2.16. The summed E-state index contributed by atoms with van der Waals surface area (Å²) in [7, 11) is -3.26. The second kappa shape index (κ2) is 4.77. The first-order valence-corrected chi connectivity index (χ1v) is 6.18. The van der Waals surface area contributed by atoms with Crippen LogP contribution in [-0.4, -0.2) is 25.9 Å². The van der Waals surface area contributed by atoms with Gasteiger partial charge >= 0.3 is 0 Å². The Hall–Kier alpha value is -0.580. The van der Waals surface area contributed by atoms with Crippen LogP contribution in [0.25, 0.3) is 0 Å². The zero-order valence-corrected chi connectivity index (χ0v) is 9.05. The number of halogens is 1. The largest absolute Gasteiger partial charge is 0.396 e. The summed E-state index contributed by atoms with van der Waals surface area (Å²) in [4.78, 5) is 0.246. The fraction of sp³-hybridized carbons (Fsp3) is 0.333. The standard InChI is InChI=1S/C9H11ClO3S/c10-8-2-4-9(5-3-8)14(12,13)7-1-6-11/h2-5,11H,1,6-7H2. The van der Waals surface area contributed by atoms with Gasteiger partial charge in [0.2, 0.25) is 0 Å². The number of aliphatic hydroxyl groups excluding tert-OH is 1. The molecule has 0 fully saturated rings. The molecule has 0 unspecified atom stereocenters. The van der Waals surface area contributed by atoms with Crippen LogP contribution < -0.4 is 0 Å². The van der Waals surface area contributed by atoms with Crippen molar-refractivity contribution in [1.29, 1.82) is 0 Å². The minimum absolute atomic E-state index is 0.0366. The van der Waals surface area contributed by atoms with E-state index in [0.717, 1.165) is 0 Å². The average molecular weight is 235 g/mol. The third-order valence-corrected chi connectivity index (χ3v) is 3.81. The van der Waals surface area contributed by atoms with E-state index in [1.807, 2.05) is 0 Å². The summed E-state index contributed by atoms with van der Waals surface area (Å²) in [6, 6.07) is 6.00.